The van der Waals surface area contributed by atoms with E-state index < -0.39 is 5.41 Å². The third kappa shape index (κ3) is 7.54. The zero-order valence-electron chi connectivity index (χ0n) is 44.0. The van der Waals surface area contributed by atoms with Crippen molar-refractivity contribution in [2.45, 2.75) is 37.5 Å². The molecule has 14 rings (SSSR count). The summed E-state index contributed by atoms with van der Waals surface area (Å²) in [5, 5.41) is 0. The Labute approximate surface area is 458 Å². The Morgan fingerprint density at radius 1 is 0.385 bits per heavy atom. The average molecular weight is 1000 g/mol. The highest BCUT2D eigenvalue weighted by atomic mass is 16.5. The number of rotatable bonds is 12. The van der Waals surface area contributed by atoms with Gasteiger partial charge in [-0.3, -0.25) is 0 Å². The van der Waals surface area contributed by atoms with Crippen LogP contribution in [-0.4, -0.2) is 0 Å². The summed E-state index contributed by atoms with van der Waals surface area (Å²) in [5.41, 5.74) is 27.7. The maximum Gasteiger partial charge on any atom is 0.127 e. The first-order valence-corrected chi connectivity index (χ1v) is 27.2. The molecule has 11 aromatic carbocycles. The summed E-state index contributed by atoms with van der Waals surface area (Å²) >= 11 is 0. The van der Waals surface area contributed by atoms with Crippen LogP contribution in [0.3, 0.4) is 0 Å². The van der Waals surface area contributed by atoms with Crippen LogP contribution in [0.25, 0.3) is 67.8 Å². The Balaban J connectivity index is 0.860. The first-order chi connectivity index (χ1) is 38.3. The van der Waals surface area contributed by atoms with E-state index >= 15 is 0 Å². The van der Waals surface area contributed by atoms with Crippen LogP contribution in [0.2, 0.25) is 0 Å². The van der Waals surface area contributed by atoms with E-state index in [0.29, 0.717) is 0 Å². The molecule has 78 heavy (non-hydrogen) atoms. The number of fused-ring (bicyclic) bond motifs is 7. The molecule has 0 aromatic heterocycles. The van der Waals surface area contributed by atoms with Gasteiger partial charge in [-0.25, -0.2) is 0 Å². The minimum Gasteiger partial charge on any atom is -0.457 e. The number of benzene rings is 11. The Hall–Kier alpha value is -9.50. The van der Waals surface area contributed by atoms with Gasteiger partial charge in [-0.15, -0.1) is 0 Å². The highest BCUT2D eigenvalue weighted by molar-refractivity contribution is 5.93. The zero-order valence-corrected chi connectivity index (χ0v) is 44.0. The Morgan fingerprint density at radius 3 is 1.56 bits per heavy atom. The number of hydrogen-bond acceptors (Lipinski definition) is 2. The summed E-state index contributed by atoms with van der Waals surface area (Å²) in [6.45, 7) is 13.0. The van der Waals surface area contributed by atoms with Crippen molar-refractivity contribution in [1.29, 1.82) is 0 Å². The number of hydrogen-bond donors (Lipinski definition) is 0. The van der Waals surface area contributed by atoms with Crippen molar-refractivity contribution in [3.63, 3.8) is 0 Å². The van der Waals surface area contributed by atoms with E-state index in [9.17, 15) is 0 Å². The van der Waals surface area contributed by atoms with Crippen LogP contribution in [0.15, 0.2) is 262 Å². The summed E-state index contributed by atoms with van der Waals surface area (Å²) in [7, 11) is 0. The number of anilines is 3. The lowest BCUT2D eigenvalue weighted by molar-refractivity contribution is 0.482. The SMILES string of the molecule is C=Cc1ccc(Oc2ccc(C3(c4ccccc4)c4ccccc4-c4ccc(-c5ccc(N(c6ccc(-c7ccccc7)cc6)c6ccc7c(c6)C(C)(C)c6c(-c8cc9c(cc8C=C)CC9)cccc6-7)cc5)cc43)cc2)cc1. The average Bonchev–Trinajstić information content (AvgIpc) is 3.91. The van der Waals surface area contributed by atoms with Crippen molar-refractivity contribution in [2.75, 3.05) is 4.90 Å². The predicted octanol–water partition coefficient (Wildman–Crippen LogP) is 20.0. The smallest absolute Gasteiger partial charge is 0.127 e. The molecular weight excluding hydrogens is 943 g/mol. The molecule has 0 aliphatic heterocycles. The van der Waals surface area contributed by atoms with Gasteiger partial charge in [0.1, 0.15) is 11.5 Å². The van der Waals surface area contributed by atoms with Gasteiger partial charge in [0.25, 0.3) is 0 Å². The van der Waals surface area contributed by atoms with Gasteiger partial charge in [0, 0.05) is 22.5 Å². The molecular formula is C76H57NO. The van der Waals surface area contributed by atoms with Gasteiger partial charge in [0.2, 0.25) is 0 Å². The lowest BCUT2D eigenvalue weighted by atomic mass is 9.67. The van der Waals surface area contributed by atoms with E-state index in [1.54, 1.807) is 0 Å². The standard InChI is InChI=1S/C76H57NO/c1-5-50-24-40-63(41-25-50)78-64-42-33-59(34-43-64)76(58-18-11-8-12-19-58)71-23-14-13-20-65(71)66-44-32-57(48-73(66)76)54-30-37-61(38-31-54)77(60-35-28-53(29-36-60)52-16-9-7-10-17-52)62-39-45-67-68-21-15-22-69(74(68)75(3,4)72(67)49-62)70-47-56-27-26-55(56)46-51(70)6-2/h5-25,28-49H,1-2,26-27H2,3-4H3. The van der Waals surface area contributed by atoms with Crippen molar-refractivity contribution < 1.29 is 4.74 Å². The molecule has 0 spiro atoms. The highest BCUT2D eigenvalue weighted by Crippen LogP contribution is 2.58. The third-order valence-electron chi connectivity index (χ3n) is 17.0. The van der Waals surface area contributed by atoms with E-state index in [0.717, 1.165) is 58.1 Å². The van der Waals surface area contributed by atoms with E-state index in [1.165, 1.54) is 94.6 Å². The molecule has 1 unspecified atom stereocenters. The van der Waals surface area contributed by atoms with Crippen molar-refractivity contribution in [3.8, 4) is 67.1 Å². The van der Waals surface area contributed by atoms with E-state index in [1.807, 2.05) is 36.4 Å². The molecule has 1 atom stereocenters. The Bertz CT molecular complexity index is 4130. The number of ether oxygens (including phenoxy) is 1. The van der Waals surface area contributed by atoms with Gasteiger partial charge in [0.05, 0.1) is 5.41 Å². The monoisotopic (exact) mass is 999 g/mol. The molecule has 0 radical (unpaired) electrons. The van der Waals surface area contributed by atoms with Crippen molar-refractivity contribution in [1.82, 2.24) is 0 Å². The number of aryl methyl sites for hydroxylation is 2. The van der Waals surface area contributed by atoms with E-state index in [4.69, 9.17) is 4.74 Å². The van der Waals surface area contributed by atoms with Crippen LogP contribution in [0.4, 0.5) is 17.1 Å². The van der Waals surface area contributed by atoms with Gasteiger partial charge >= 0.3 is 0 Å². The van der Waals surface area contributed by atoms with Gasteiger partial charge in [-0.1, -0.05) is 221 Å². The van der Waals surface area contributed by atoms with E-state index in [2.05, 4.69) is 256 Å². The minimum absolute atomic E-state index is 0.262. The number of nitrogens with zero attached hydrogens (tertiary/aromatic N) is 1. The van der Waals surface area contributed by atoms with Crippen molar-refractivity contribution in [2.24, 2.45) is 0 Å². The molecule has 2 heteroatoms. The fraction of sp³-hybridized carbons (Fsp3) is 0.0789. The summed E-state index contributed by atoms with van der Waals surface area (Å²) in [6.07, 6.45) is 6.17. The maximum atomic E-state index is 6.39. The Morgan fingerprint density at radius 2 is 0.897 bits per heavy atom. The summed E-state index contributed by atoms with van der Waals surface area (Å²) in [5.74, 6) is 1.58. The normalized spacial score (nSPS) is 14.9. The molecule has 3 aliphatic rings. The zero-order chi connectivity index (χ0) is 52.5. The fourth-order valence-corrected chi connectivity index (χ4v) is 13.1. The molecule has 3 aliphatic carbocycles. The van der Waals surface area contributed by atoms with Crippen LogP contribution in [0.5, 0.6) is 11.5 Å². The van der Waals surface area contributed by atoms with Crippen LogP contribution in [-0.2, 0) is 23.7 Å². The van der Waals surface area contributed by atoms with Gasteiger partial charge < -0.3 is 9.64 Å². The van der Waals surface area contributed by atoms with Crippen LogP contribution in [0.1, 0.15) is 69.5 Å². The summed E-state index contributed by atoms with van der Waals surface area (Å²) < 4.78 is 6.39. The lowest BCUT2D eigenvalue weighted by Gasteiger charge is -2.34. The third-order valence-corrected chi connectivity index (χ3v) is 17.0. The molecule has 2 nitrogen and oxygen atoms in total. The van der Waals surface area contributed by atoms with Crippen LogP contribution in [0, 0.1) is 0 Å². The molecule has 0 bridgehead atoms. The van der Waals surface area contributed by atoms with Gasteiger partial charge in [-0.2, -0.15) is 0 Å². The largest absolute Gasteiger partial charge is 0.457 e. The molecule has 0 heterocycles. The maximum absolute atomic E-state index is 6.39. The highest BCUT2D eigenvalue weighted by Gasteiger charge is 2.46. The van der Waals surface area contributed by atoms with Crippen LogP contribution < -0.4 is 9.64 Å². The predicted molar refractivity (Wildman–Crippen MR) is 326 cm³/mol. The van der Waals surface area contributed by atoms with Crippen molar-refractivity contribution in [3.05, 3.63) is 318 Å². The van der Waals surface area contributed by atoms with Gasteiger partial charge in [-0.05, 0) is 191 Å². The molecule has 11 aromatic rings. The molecule has 0 saturated carbocycles. The van der Waals surface area contributed by atoms with Gasteiger partial charge in [0.15, 0.2) is 0 Å². The second-order valence-corrected chi connectivity index (χ2v) is 21.6. The molecule has 0 amide bonds. The molecule has 0 saturated heterocycles. The fourth-order valence-electron chi connectivity index (χ4n) is 13.1. The first-order valence-electron chi connectivity index (χ1n) is 27.2. The van der Waals surface area contributed by atoms with Crippen molar-refractivity contribution >= 4 is 29.2 Å². The lowest BCUT2D eigenvalue weighted by Crippen LogP contribution is -2.28. The van der Waals surface area contributed by atoms with E-state index in [-0.39, 0.29) is 5.41 Å². The molecule has 0 fully saturated rings. The quantitative estimate of drug-likeness (QED) is 0.121. The second-order valence-electron chi connectivity index (χ2n) is 21.6. The Kier molecular flexibility index (Phi) is 11.2. The van der Waals surface area contributed by atoms with Crippen LogP contribution >= 0.6 is 0 Å². The summed E-state index contributed by atoms with van der Waals surface area (Å²) in [6, 6.07) is 91.4. The first kappa shape index (κ1) is 47.0. The minimum atomic E-state index is -0.576. The topological polar surface area (TPSA) is 12.5 Å². The molecule has 372 valence electrons. The summed E-state index contributed by atoms with van der Waals surface area (Å²) in [4.78, 5) is 2.43. The molecule has 0 N–H and O–H groups in total. The second kappa shape index (κ2) is 18.7.